The molecule has 0 saturated carbocycles. The van der Waals surface area contributed by atoms with Gasteiger partial charge in [0, 0.05) is 30.3 Å². The van der Waals surface area contributed by atoms with Crippen LogP contribution in [0.2, 0.25) is 0 Å². The van der Waals surface area contributed by atoms with Gasteiger partial charge in [-0.15, -0.1) is 0 Å². The van der Waals surface area contributed by atoms with Crippen molar-refractivity contribution in [2.75, 3.05) is 13.7 Å². The van der Waals surface area contributed by atoms with Crippen LogP contribution >= 0.6 is 0 Å². The quantitative estimate of drug-likeness (QED) is 0.287. The molecule has 34 heavy (non-hydrogen) atoms. The van der Waals surface area contributed by atoms with E-state index in [0.29, 0.717) is 24.5 Å². The summed E-state index contributed by atoms with van der Waals surface area (Å²) in [6.45, 7) is 4.75. The van der Waals surface area contributed by atoms with Crippen molar-refractivity contribution in [3.63, 3.8) is 0 Å². The van der Waals surface area contributed by atoms with Crippen molar-refractivity contribution in [3.8, 4) is 16.9 Å². The zero-order valence-electron chi connectivity index (χ0n) is 20.0. The van der Waals surface area contributed by atoms with E-state index < -0.39 is 5.97 Å². The number of benzene rings is 3. The molecule has 0 fully saturated rings. The van der Waals surface area contributed by atoms with Crippen LogP contribution in [0, 0.1) is 0 Å². The Morgan fingerprint density at radius 2 is 1.76 bits per heavy atom. The molecule has 0 unspecified atom stereocenters. The molecule has 176 valence electrons. The predicted octanol–water partition coefficient (Wildman–Crippen LogP) is 6.29. The fourth-order valence-electron chi connectivity index (χ4n) is 3.61. The van der Waals surface area contributed by atoms with Gasteiger partial charge in [-0.25, -0.2) is 4.79 Å². The van der Waals surface area contributed by atoms with Gasteiger partial charge in [0.15, 0.2) is 0 Å². The summed E-state index contributed by atoms with van der Waals surface area (Å²) in [5, 5.41) is 9.21. The maximum Gasteiger partial charge on any atom is 0.331 e. The van der Waals surface area contributed by atoms with Crippen LogP contribution in [-0.4, -0.2) is 35.5 Å². The number of rotatable bonds is 10. The van der Waals surface area contributed by atoms with E-state index in [9.17, 15) is 14.7 Å². The molecule has 0 spiro atoms. The second kappa shape index (κ2) is 11.8. The Labute approximate surface area is 201 Å². The molecule has 5 heteroatoms. The van der Waals surface area contributed by atoms with Gasteiger partial charge in [0.2, 0.25) is 0 Å². The monoisotopic (exact) mass is 457 g/mol. The number of hydrogen-bond donors (Lipinski definition) is 1. The number of amides is 1. The molecule has 1 amide bonds. The lowest BCUT2D eigenvalue weighted by molar-refractivity contribution is -0.132. The van der Waals surface area contributed by atoms with Crippen molar-refractivity contribution >= 4 is 18.0 Å². The summed E-state index contributed by atoms with van der Waals surface area (Å²) in [6, 6.07) is 23.0. The highest BCUT2D eigenvalue weighted by molar-refractivity contribution is 5.94. The van der Waals surface area contributed by atoms with Gasteiger partial charge in [0.05, 0.1) is 6.61 Å². The van der Waals surface area contributed by atoms with E-state index in [1.807, 2.05) is 66.7 Å². The number of carboxylic acid groups (broad SMARTS) is 1. The summed E-state index contributed by atoms with van der Waals surface area (Å²) in [5.41, 5.74) is 4.62. The first-order valence-corrected chi connectivity index (χ1v) is 11.5. The topological polar surface area (TPSA) is 66.8 Å². The van der Waals surface area contributed by atoms with Gasteiger partial charge >= 0.3 is 5.97 Å². The Morgan fingerprint density at radius 1 is 1.00 bits per heavy atom. The van der Waals surface area contributed by atoms with Gasteiger partial charge in [0.1, 0.15) is 5.75 Å². The highest BCUT2D eigenvalue weighted by atomic mass is 16.5. The molecule has 3 rings (SSSR count). The second-order valence-electron chi connectivity index (χ2n) is 8.32. The molecule has 5 nitrogen and oxygen atoms in total. The van der Waals surface area contributed by atoms with Gasteiger partial charge in [-0.2, -0.15) is 0 Å². The Bertz CT molecular complexity index is 1170. The van der Waals surface area contributed by atoms with Crippen LogP contribution in [0.15, 0.2) is 78.4 Å². The van der Waals surface area contributed by atoms with E-state index in [1.54, 1.807) is 24.9 Å². The third-order valence-electron chi connectivity index (χ3n) is 5.51. The average molecular weight is 458 g/mol. The summed E-state index contributed by atoms with van der Waals surface area (Å²) in [6.07, 6.45) is 3.59. The smallest absolute Gasteiger partial charge is 0.331 e. The van der Waals surface area contributed by atoms with Gasteiger partial charge in [-0.05, 0) is 60.4 Å². The van der Waals surface area contributed by atoms with Crippen molar-refractivity contribution in [2.45, 2.75) is 33.2 Å². The van der Waals surface area contributed by atoms with E-state index in [-0.39, 0.29) is 11.5 Å². The lowest BCUT2D eigenvalue weighted by Gasteiger charge is -2.18. The number of carboxylic acids is 1. The van der Waals surface area contributed by atoms with Crippen LogP contribution in [0.4, 0.5) is 0 Å². The zero-order valence-corrected chi connectivity index (χ0v) is 20.0. The van der Waals surface area contributed by atoms with E-state index in [4.69, 9.17) is 4.74 Å². The van der Waals surface area contributed by atoms with Gasteiger partial charge in [0.25, 0.3) is 5.91 Å². The highest BCUT2D eigenvalue weighted by Crippen LogP contribution is 2.33. The summed E-state index contributed by atoms with van der Waals surface area (Å²) >= 11 is 0. The SMILES string of the molecule is CCCCOc1cc(C=C(C)C(=O)O)ccc1-c1cccc(CN(C)C(=O)c2ccccc2)c1. The molecule has 0 heterocycles. The lowest BCUT2D eigenvalue weighted by atomic mass is 9.99. The lowest BCUT2D eigenvalue weighted by Crippen LogP contribution is -2.26. The number of carbonyl (C=O) groups excluding carboxylic acids is 1. The van der Waals surface area contributed by atoms with Crippen molar-refractivity contribution in [1.82, 2.24) is 4.90 Å². The van der Waals surface area contributed by atoms with Gasteiger partial charge in [-0.3, -0.25) is 4.79 Å². The van der Waals surface area contributed by atoms with E-state index in [2.05, 4.69) is 13.0 Å². The van der Waals surface area contributed by atoms with E-state index >= 15 is 0 Å². The molecular formula is C29H31NO4. The fraction of sp³-hybridized carbons (Fsp3) is 0.241. The number of unbranched alkanes of at least 4 members (excludes halogenated alkanes) is 1. The summed E-state index contributed by atoms with van der Waals surface area (Å²) < 4.78 is 6.09. The van der Waals surface area contributed by atoms with Crippen LogP contribution in [0.3, 0.4) is 0 Å². The minimum absolute atomic E-state index is 0.0282. The largest absolute Gasteiger partial charge is 0.493 e. The molecule has 0 aliphatic rings. The van der Waals surface area contributed by atoms with Crippen LogP contribution in [0.5, 0.6) is 5.75 Å². The second-order valence-corrected chi connectivity index (χ2v) is 8.32. The third-order valence-corrected chi connectivity index (χ3v) is 5.51. The summed E-state index contributed by atoms with van der Waals surface area (Å²) in [5.74, 6) is -0.259. The maximum atomic E-state index is 12.7. The number of hydrogen-bond acceptors (Lipinski definition) is 3. The zero-order chi connectivity index (χ0) is 24.5. The number of carbonyl (C=O) groups is 2. The first-order valence-electron chi connectivity index (χ1n) is 11.5. The van der Waals surface area contributed by atoms with Crippen LogP contribution in [0.25, 0.3) is 17.2 Å². The molecule has 0 aliphatic carbocycles. The Morgan fingerprint density at radius 3 is 2.47 bits per heavy atom. The standard InChI is InChI=1S/C29H31NO4/c1-4-5-16-34-27-19-22(17-21(2)29(32)33)14-15-26(27)25-13-9-10-23(18-25)20-30(3)28(31)24-11-7-6-8-12-24/h6-15,17-19H,4-5,16,20H2,1-3H3,(H,32,33). The third kappa shape index (κ3) is 6.58. The minimum atomic E-state index is -0.945. The summed E-state index contributed by atoms with van der Waals surface area (Å²) in [7, 11) is 1.80. The number of aliphatic carboxylic acids is 1. The number of nitrogens with zero attached hydrogens (tertiary/aromatic N) is 1. The highest BCUT2D eigenvalue weighted by Gasteiger charge is 2.13. The van der Waals surface area contributed by atoms with E-state index in [1.165, 1.54) is 0 Å². The van der Waals surface area contributed by atoms with Crippen LogP contribution in [-0.2, 0) is 11.3 Å². The Kier molecular flexibility index (Phi) is 8.63. The van der Waals surface area contributed by atoms with E-state index in [0.717, 1.165) is 35.1 Å². The maximum absolute atomic E-state index is 12.7. The molecular weight excluding hydrogens is 426 g/mol. The Hall–Kier alpha value is -3.86. The van der Waals surface area contributed by atoms with Crippen molar-refractivity contribution in [2.24, 2.45) is 0 Å². The molecule has 0 aliphatic heterocycles. The Balaban J connectivity index is 1.88. The molecule has 3 aromatic rings. The minimum Gasteiger partial charge on any atom is -0.493 e. The first kappa shape index (κ1) is 24.8. The number of ether oxygens (including phenoxy) is 1. The normalized spacial score (nSPS) is 11.2. The molecule has 3 aromatic carbocycles. The first-order chi connectivity index (χ1) is 16.4. The predicted molar refractivity (Wildman–Crippen MR) is 136 cm³/mol. The molecule has 0 aromatic heterocycles. The van der Waals surface area contributed by atoms with Gasteiger partial charge in [-0.1, -0.05) is 61.9 Å². The van der Waals surface area contributed by atoms with Crippen molar-refractivity contribution in [3.05, 3.63) is 95.1 Å². The molecule has 0 saturated heterocycles. The van der Waals surface area contributed by atoms with Crippen molar-refractivity contribution < 1.29 is 19.4 Å². The average Bonchev–Trinajstić information content (AvgIpc) is 2.84. The van der Waals surface area contributed by atoms with Crippen LogP contribution in [0.1, 0.15) is 48.2 Å². The molecule has 1 N–H and O–H groups in total. The summed E-state index contributed by atoms with van der Waals surface area (Å²) in [4.78, 5) is 25.7. The molecule has 0 bridgehead atoms. The van der Waals surface area contributed by atoms with Crippen LogP contribution < -0.4 is 4.74 Å². The van der Waals surface area contributed by atoms with Gasteiger partial charge < -0.3 is 14.7 Å². The van der Waals surface area contributed by atoms with Crippen molar-refractivity contribution in [1.29, 1.82) is 0 Å². The molecule has 0 atom stereocenters. The fourth-order valence-corrected chi connectivity index (χ4v) is 3.61. The molecule has 0 radical (unpaired) electrons.